The van der Waals surface area contributed by atoms with Crippen LogP contribution < -0.4 is 5.73 Å². The lowest BCUT2D eigenvalue weighted by molar-refractivity contribution is 0.673. The molecule has 2 aromatic rings. The van der Waals surface area contributed by atoms with Crippen molar-refractivity contribution in [2.45, 2.75) is 6.04 Å². The van der Waals surface area contributed by atoms with E-state index in [1.165, 1.54) is 0 Å². The molecule has 0 fully saturated rings. The molecule has 1 heterocycles. The number of nitrogens with zero attached hydrogens (tertiary/aromatic N) is 2. The van der Waals surface area contributed by atoms with Gasteiger partial charge < -0.3 is 5.73 Å². The van der Waals surface area contributed by atoms with E-state index >= 15 is 0 Å². The fourth-order valence-electron chi connectivity index (χ4n) is 1.61. The van der Waals surface area contributed by atoms with E-state index in [2.05, 4.69) is 5.10 Å². The van der Waals surface area contributed by atoms with Gasteiger partial charge >= 0.3 is 0 Å². The summed E-state index contributed by atoms with van der Waals surface area (Å²) in [6.07, 6.45) is 1.70. The maximum Gasteiger partial charge on any atom is 0.0738 e. The fourth-order valence-corrected chi connectivity index (χ4v) is 2.03. The average molecular weight is 256 g/mol. The number of benzene rings is 1. The first-order valence-corrected chi connectivity index (χ1v) is 5.54. The van der Waals surface area contributed by atoms with Gasteiger partial charge in [-0.2, -0.15) is 5.10 Å². The van der Waals surface area contributed by atoms with Gasteiger partial charge in [0.05, 0.1) is 21.8 Å². The zero-order chi connectivity index (χ0) is 11.7. The van der Waals surface area contributed by atoms with E-state index in [1.807, 2.05) is 25.2 Å². The van der Waals surface area contributed by atoms with E-state index in [0.717, 1.165) is 11.3 Å². The predicted molar refractivity (Wildman–Crippen MR) is 65.7 cm³/mol. The van der Waals surface area contributed by atoms with E-state index in [1.54, 1.807) is 16.9 Å². The Labute approximate surface area is 104 Å². The first-order valence-electron chi connectivity index (χ1n) is 4.78. The monoisotopic (exact) mass is 255 g/mol. The highest BCUT2D eigenvalue weighted by Crippen LogP contribution is 2.31. The molecule has 5 heteroatoms. The van der Waals surface area contributed by atoms with Crippen LogP contribution in [0.1, 0.15) is 17.3 Å². The van der Waals surface area contributed by atoms with Crippen molar-refractivity contribution in [3.63, 3.8) is 0 Å². The molecule has 1 atom stereocenters. The molecule has 84 valence electrons. The molecule has 0 amide bonds. The number of aromatic nitrogens is 2. The van der Waals surface area contributed by atoms with Gasteiger partial charge in [0.15, 0.2) is 0 Å². The lowest BCUT2D eigenvalue weighted by Crippen LogP contribution is -2.16. The summed E-state index contributed by atoms with van der Waals surface area (Å²) in [6.45, 7) is 0. The quantitative estimate of drug-likeness (QED) is 0.897. The summed E-state index contributed by atoms with van der Waals surface area (Å²) in [5.74, 6) is 0. The largest absolute Gasteiger partial charge is 0.319 e. The Hall–Kier alpha value is -1.03. The SMILES string of the molecule is Cn1nccc1C(N)c1cccc(Cl)c1Cl. The summed E-state index contributed by atoms with van der Waals surface area (Å²) < 4.78 is 1.72. The Morgan fingerprint density at radius 3 is 2.69 bits per heavy atom. The highest BCUT2D eigenvalue weighted by atomic mass is 35.5. The Kier molecular flexibility index (Phi) is 3.19. The molecule has 0 radical (unpaired) electrons. The van der Waals surface area contributed by atoms with Crippen molar-refractivity contribution in [2.24, 2.45) is 12.8 Å². The molecular formula is C11H11Cl2N3. The second kappa shape index (κ2) is 4.45. The van der Waals surface area contributed by atoms with Crippen LogP contribution in [0.3, 0.4) is 0 Å². The second-order valence-electron chi connectivity index (χ2n) is 3.50. The van der Waals surface area contributed by atoms with Crippen molar-refractivity contribution in [3.8, 4) is 0 Å². The summed E-state index contributed by atoms with van der Waals surface area (Å²) in [7, 11) is 1.84. The predicted octanol–water partition coefficient (Wildman–Crippen LogP) is 2.78. The number of hydrogen-bond acceptors (Lipinski definition) is 2. The molecule has 0 aliphatic carbocycles. The number of hydrogen-bond donors (Lipinski definition) is 1. The van der Waals surface area contributed by atoms with E-state index in [4.69, 9.17) is 28.9 Å². The van der Waals surface area contributed by atoms with Crippen molar-refractivity contribution >= 4 is 23.2 Å². The van der Waals surface area contributed by atoms with Gasteiger partial charge in [-0.3, -0.25) is 4.68 Å². The minimum absolute atomic E-state index is 0.321. The van der Waals surface area contributed by atoms with Gasteiger partial charge in [0.2, 0.25) is 0 Å². The Balaban J connectivity index is 2.46. The maximum atomic E-state index is 6.13. The topological polar surface area (TPSA) is 43.8 Å². The zero-order valence-corrected chi connectivity index (χ0v) is 10.2. The van der Waals surface area contributed by atoms with Gasteiger partial charge in [-0.15, -0.1) is 0 Å². The second-order valence-corrected chi connectivity index (χ2v) is 4.29. The fraction of sp³-hybridized carbons (Fsp3) is 0.182. The molecule has 0 saturated carbocycles. The summed E-state index contributed by atoms with van der Waals surface area (Å²) >= 11 is 12.1. The highest BCUT2D eigenvalue weighted by Gasteiger charge is 2.16. The molecule has 0 saturated heterocycles. The van der Waals surface area contributed by atoms with Crippen molar-refractivity contribution in [2.75, 3.05) is 0 Å². The van der Waals surface area contributed by atoms with E-state index < -0.39 is 0 Å². The third-order valence-electron chi connectivity index (χ3n) is 2.49. The third kappa shape index (κ3) is 1.94. The number of rotatable bonds is 2. The van der Waals surface area contributed by atoms with Crippen LogP contribution in [0.5, 0.6) is 0 Å². The molecule has 3 nitrogen and oxygen atoms in total. The van der Waals surface area contributed by atoms with Gasteiger partial charge in [-0.25, -0.2) is 0 Å². The standard InChI is InChI=1S/C11H11Cl2N3/c1-16-9(5-6-15-16)11(14)7-3-2-4-8(12)10(7)13/h2-6,11H,14H2,1H3. The summed E-state index contributed by atoms with van der Waals surface area (Å²) in [5, 5.41) is 5.08. The van der Waals surface area contributed by atoms with Gasteiger partial charge in [0.1, 0.15) is 0 Å². The Morgan fingerprint density at radius 2 is 2.06 bits per heavy atom. The zero-order valence-electron chi connectivity index (χ0n) is 8.69. The third-order valence-corrected chi connectivity index (χ3v) is 3.33. The molecule has 1 aromatic heterocycles. The van der Waals surface area contributed by atoms with Crippen LogP contribution in [0.25, 0.3) is 0 Å². The van der Waals surface area contributed by atoms with E-state index in [-0.39, 0.29) is 6.04 Å². The number of halogens is 2. The molecule has 16 heavy (non-hydrogen) atoms. The van der Waals surface area contributed by atoms with Gasteiger partial charge in [-0.05, 0) is 17.7 Å². The van der Waals surface area contributed by atoms with Crippen LogP contribution >= 0.6 is 23.2 Å². The first kappa shape index (κ1) is 11.5. The summed E-state index contributed by atoms with van der Waals surface area (Å²) in [5.41, 5.74) is 7.82. The minimum Gasteiger partial charge on any atom is -0.319 e. The first-order chi connectivity index (χ1) is 7.61. The minimum atomic E-state index is -0.321. The molecule has 0 bridgehead atoms. The maximum absolute atomic E-state index is 6.13. The normalized spacial score (nSPS) is 12.8. The van der Waals surface area contributed by atoms with Gasteiger partial charge in [0.25, 0.3) is 0 Å². The van der Waals surface area contributed by atoms with Crippen molar-refractivity contribution in [1.82, 2.24) is 9.78 Å². The van der Waals surface area contributed by atoms with E-state index in [0.29, 0.717) is 10.0 Å². The Bertz CT molecular complexity index is 508. The summed E-state index contributed by atoms with van der Waals surface area (Å²) in [4.78, 5) is 0. The van der Waals surface area contributed by atoms with E-state index in [9.17, 15) is 0 Å². The van der Waals surface area contributed by atoms with Crippen LogP contribution in [0.4, 0.5) is 0 Å². The van der Waals surface area contributed by atoms with Crippen LogP contribution in [-0.4, -0.2) is 9.78 Å². The molecule has 0 aliphatic heterocycles. The highest BCUT2D eigenvalue weighted by molar-refractivity contribution is 6.42. The lowest BCUT2D eigenvalue weighted by atomic mass is 10.0. The molecule has 2 N–H and O–H groups in total. The van der Waals surface area contributed by atoms with Crippen molar-refractivity contribution < 1.29 is 0 Å². The molecule has 1 aromatic carbocycles. The molecule has 2 rings (SSSR count). The van der Waals surface area contributed by atoms with Crippen LogP contribution in [-0.2, 0) is 7.05 Å². The lowest BCUT2D eigenvalue weighted by Gasteiger charge is -2.14. The molecule has 0 aliphatic rings. The smallest absolute Gasteiger partial charge is 0.0738 e. The molecule has 1 unspecified atom stereocenters. The molecular weight excluding hydrogens is 245 g/mol. The van der Waals surface area contributed by atoms with Crippen LogP contribution in [0, 0.1) is 0 Å². The molecule has 0 spiro atoms. The van der Waals surface area contributed by atoms with Crippen LogP contribution in [0.15, 0.2) is 30.5 Å². The average Bonchev–Trinajstić information content (AvgIpc) is 2.68. The van der Waals surface area contributed by atoms with Crippen LogP contribution in [0.2, 0.25) is 10.0 Å². The van der Waals surface area contributed by atoms with Crippen molar-refractivity contribution in [1.29, 1.82) is 0 Å². The van der Waals surface area contributed by atoms with Gasteiger partial charge in [0, 0.05) is 13.2 Å². The number of aryl methyl sites for hydroxylation is 1. The summed E-state index contributed by atoms with van der Waals surface area (Å²) in [6, 6.07) is 6.98. The Morgan fingerprint density at radius 1 is 1.31 bits per heavy atom. The van der Waals surface area contributed by atoms with Crippen molar-refractivity contribution in [3.05, 3.63) is 51.8 Å². The van der Waals surface area contributed by atoms with Gasteiger partial charge in [-0.1, -0.05) is 35.3 Å². The number of nitrogens with two attached hydrogens (primary N) is 1.